The molecule has 0 bridgehead atoms. The first-order chi connectivity index (χ1) is 13.1. The predicted octanol–water partition coefficient (Wildman–Crippen LogP) is 3.19. The molecule has 0 spiro atoms. The van der Waals surface area contributed by atoms with E-state index < -0.39 is 11.5 Å². The highest BCUT2D eigenvalue weighted by Gasteiger charge is 2.29. The third-order valence-electron chi connectivity index (χ3n) is 5.24. The van der Waals surface area contributed by atoms with E-state index in [0.717, 1.165) is 30.3 Å². The van der Waals surface area contributed by atoms with Gasteiger partial charge in [-0.05, 0) is 43.4 Å². The van der Waals surface area contributed by atoms with Crippen molar-refractivity contribution >= 4 is 16.8 Å². The zero-order valence-electron chi connectivity index (χ0n) is 15.2. The molecule has 1 amide bonds. The number of benzene rings is 2. The fraction of sp³-hybridized carbons (Fsp3) is 0.273. The molecule has 1 aliphatic heterocycles. The van der Waals surface area contributed by atoms with Gasteiger partial charge in [0.2, 0.25) is 0 Å². The van der Waals surface area contributed by atoms with Crippen LogP contribution >= 0.6 is 0 Å². The minimum absolute atomic E-state index is 0.0253. The topological polar surface area (TPSA) is 71.3 Å². The molecule has 5 nitrogen and oxygen atoms in total. The standard InChI is InChI=1S/C22H22N2O3/c1-14-13-16-10-5-11-17-19(16)24(14)22(27)18(20(17)25)21(26)23-12-6-9-15-7-3-2-4-8-15/h2-5,7-8,10-11,14,25H,6,9,12-13H2,1H3,(H,23,26)/t14-/m1/s1. The highest BCUT2D eigenvalue weighted by atomic mass is 16.3. The number of aromatic nitrogens is 1. The molecule has 0 saturated heterocycles. The zero-order chi connectivity index (χ0) is 19.0. The summed E-state index contributed by atoms with van der Waals surface area (Å²) < 4.78 is 1.64. The Bertz CT molecular complexity index is 1070. The Hall–Kier alpha value is -3.08. The maximum atomic E-state index is 12.9. The summed E-state index contributed by atoms with van der Waals surface area (Å²) in [5, 5.41) is 14.0. The average molecular weight is 362 g/mol. The Kier molecular flexibility index (Phi) is 4.44. The van der Waals surface area contributed by atoms with E-state index in [0.29, 0.717) is 11.9 Å². The lowest BCUT2D eigenvalue weighted by molar-refractivity contribution is 0.0948. The van der Waals surface area contributed by atoms with Crippen LogP contribution in [0, 0.1) is 0 Å². The van der Waals surface area contributed by atoms with Crippen LogP contribution in [0.2, 0.25) is 0 Å². The molecule has 5 heteroatoms. The van der Waals surface area contributed by atoms with Gasteiger partial charge in [0.1, 0.15) is 11.3 Å². The first-order valence-corrected chi connectivity index (χ1v) is 9.29. The van der Waals surface area contributed by atoms with Crippen LogP contribution in [0.1, 0.15) is 40.9 Å². The second-order valence-corrected chi connectivity index (χ2v) is 7.11. The van der Waals surface area contributed by atoms with Crippen molar-refractivity contribution < 1.29 is 9.90 Å². The van der Waals surface area contributed by atoms with Gasteiger partial charge in [0.15, 0.2) is 0 Å². The van der Waals surface area contributed by atoms with Gasteiger partial charge in [0, 0.05) is 18.0 Å². The maximum absolute atomic E-state index is 12.9. The van der Waals surface area contributed by atoms with Crippen molar-refractivity contribution in [3.63, 3.8) is 0 Å². The minimum Gasteiger partial charge on any atom is -0.506 e. The molecule has 2 aromatic carbocycles. The second-order valence-electron chi connectivity index (χ2n) is 7.11. The second kappa shape index (κ2) is 6.91. The lowest BCUT2D eigenvalue weighted by Crippen LogP contribution is -2.34. The quantitative estimate of drug-likeness (QED) is 0.685. The largest absolute Gasteiger partial charge is 0.506 e. The van der Waals surface area contributed by atoms with Crippen LogP contribution in [-0.4, -0.2) is 22.1 Å². The summed E-state index contributed by atoms with van der Waals surface area (Å²) in [5.74, 6) is -0.733. The third-order valence-corrected chi connectivity index (χ3v) is 5.24. The highest BCUT2D eigenvalue weighted by Crippen LogP contribution is 2.35. The highest BCUT2D eigenvalue weighted by molar-refractivity contribution is 6.03. The van der Waals surface area contributed by atoms with E-state index in [4.69, 9.17) is 0 Å². The molecule has 0 aliphatic carbocycles. The van der Waals surface area contributed by atoms with E-state index in [9.17, 15) is 14.7 Å². The monoisotopic (exact) mass is 362 g/mol. The summed E-state index contributed by atoms with van der Waals surface area (Å²) >= 11 is 0. The Morgan fingerprint density at radius 1 is 1.19 bits per heavy atom. The van der Waals surface area contributed by atoms with Crippen LogP contribution in [0.3, 0.4) is 0 Å². The van der Waals surface area contributed by atoms with Gasteiger partial charge >= 0.3 is 0 Å². The van der Waals surface area contributed by atoms with Gasteiger partial charge < -0.3 is 15.0 Å². The number of hydrogen-bond acceptors (Lipinski definition) is 3. The van der Waals surface area contributed by atoms with E-state index in [-0.39, 0.29) is 17.4 Å². The number of rotatable bonds is 5. The number of carbonyl (C=O) groups is 1. The van der Waals surface area contributed by atoms with Crippen molar-refractivity contribution in [1.82, 2.24) is 9.88 Å². The van der Waals surface area contributed by atoms with Crippen LogP contribution < -0.4 is 10.9 Å². The van der Waals surface area contributed by atoms with Gasteiger partial charge in [0.25, 0.3) is 11.5 Å². The molecule has 27 heavy (non-hydrogen) atoms. The number of nitrogens with one attached hydrogen (secondary N) is 1. The SMILES string of the molecule is C[C@@H]1Cc2cccc3c(O)c(C(=O)NCCCc4ccccc4)c(=O)n1c23. The van der Waals surface area contributed by atoms with Crippen molar-refractivity contribution in [2.45, 2.75) is 32.2 Å². The van der Waals surface area contributed by atoms with E-state index in [1.807, 2.05) is 49.4 Å². The number of amides is 1. The van der Waals surface area contributed by atoms with Crippen molar-refractivity contribution in [3.05, 3.63) is 75.6 Å². The fourth-order valence-corrected chi connectivity index (χ4v) is 3.95. The van der Waals surface area contributed by atoms with Crippen molar-refractivity contribution in [3.8, 4) is 5.75 Å². The number of hydrogen-bond donors (Lipinski definition) is 2. The Balaban J connectivity index is 1.57. The smallest absolute Gasteiger partial charge is 0.267 e. The van der Waals surface area contributed by atoms with Crippen LogP contribution in [0.5, 0.6) is 5.75 Å². The third kappa shape index (κ3) is 2.99. The summed E-state index contributed by atoms with van der Waals surface area (Å²) in [7, 11) is 0. The Morgan fingerprint density at radius 3 is 2.74 bits per heavy atom. The molecule has 0 unspecified atom stereocenters. The average Bonchev–Trinajstić information content (AvgIpc) is 3.01. The number of nitrogens with zero attached hydrogens (tertiary/aromatic N) is 1. The molecular weight excluding hydrogens is 340 g/mol. The van der Waals surface area contributed by atoms with Crippen LogP contribution in [0.25, 0.3) is 10.9 Å². The predicted molar refractivity (Wildman–Crippen MR) is 105 cm³/mol. The molecule has 3 aromatic rings. The molecule has 2 heterocycles. The van der Waals surface area contributed by atoms with Crippen molar-refractivity contribution in [2.75, 3.05) is 6.54 Å². The van der Waals surface area contributed by atoms with E-state index in [1.54, 1.807) is 10.6 Å². The molecule has 138 valence electrons. The number of para-hydroxylation sites is 1. The summed E-state index contributed by atoms with van der Waals surface area (Å²) in [4.78, 5) is 25.6. The lowest BCUT2D eigenvalue weighted by atomic mass is 10.1. The fourth-order valence-electron chi connectivity index (χ4n) is 3.95. The Labute approximate surface area is 157 Å². The maximum Gasteiger partial charge on any atom is 0.267 e. The van der Waals surface area contributed by atoms with Gasteiger partial charge in [-0.25, -0.2) is 0 Å². The van der Waals surface area contributed by atoms with Gasteiger partial charge in [-0.1, -0.05) is 42.5 Å². The summed E-state index contributed by atoms with van der Waals surface area (Å²) in [6.07, 6.45) is 2.34. The molecule has 1 aromatic heterocycles. The van der Waals surface area contributed by atoms with Crippen molar-refractivity contribution in [1.29, 1.82) is 0 Å². The number of carbonyl (C=O) groups excluding carboxylic acids is 1. The summed E-state index contributed by atoms with van der Waals surface area (Å²) in [6.45, 7) is 2.40. The van der Waals surface area contributed by atoms with Crippen LogP contribution in [0.4, 0.5) is 0 Å². The van der Waals surface area contributed by atoms with Gasteiger partial charge in [-0.15, -0.1) is 0 Å². The van der Waals surface area contributed by atoms with E-state index in [2.05, 4.69) is 5.32 Å². The van der Waals surface area contributed by atoms with Gasteiger partial charge in [-0.3, -0.25) is 9.59 Å². The molecule has 4 rings (SSSR count). The van der Waals surface area contributed by atoms with E-state index in [1.165, 1.54) is 5.56 Å². The molecule has 0 fully saturated rings. The minimum atomic E-state index is -0.513. The molecule has 1 aliphatic rings. The molecule has 0 saturated carbocycles. The molecular formula is C22H22N2O3. The van der Waals surface area contributed by atoms with Crippen LogP contribution in [-0.2, 0) is 12.8 Å². The molecule has 2 N–H and O–H groups in total. The first kappa shape index (κ1) is 17.3. The lowest BCUT2D eigenvalue weighted by Gasteiger charge is -2.14. The summed E-state index contributed by atoms with van der Waals surface area (Å²) in [6, 6.07) is 15.6. The Morgan fingerprint density at radius 2 is 1.96 bits per heavy atom. The van der Waals surface area contributed by atoms with Crippen LogP contribution in [0.15, 0.2) is 53.3 Å². The summed E-state index contributed by atoms with van der Waals surface area (Å²) in [5.41, 5.74) is 2.40. The number of aryl methyl sites for hydroxylation is 1. The normalized spacial score (nSPS) is 15.2. The molecule has 0 radical (unpaired) electrons. The van der Waals surface area contributed by atoms with E-state index >= 15 is 0 Å². The zero-order valence-corrected chi connectivity index (χ0v) is 15.2. The number of pyridine rings is 1. The number of aromatic hydroxyl groups is 1. The van der Waals surface area contributed by atoms with Gasteiger partial charge in [0.05, 0.1) is 5.52 Å². The van der Waals surface area contributed by atoms with Gasteiger partial charge in [-0.2, -0.15) is 0 Å². The molecule has 1 atom stereocenters. The van der Waals surface area contributed by atoms with Crippen molar-refractivity contribution in [2.24, 2.45) is 0 Å². The first-order valence-electron chi connectivity index (χ1n) is 9.29.